The highest BCUT2D eigenvalue weighted by Crippen LogP contribution is 2.31. The molecule has 1 aromatic carbocycles. The molecular weight excluding hydrogens is 419 g/mol. The van der Waals surface area contributed by atoms with Crippen molar-refractivity contribution < 1.29 is 47.1 Å². The third-order valence-electron chi connectivity index (χ3n) is 4.02. The molecule has 0 aromatic heterocycles. The van der Waals surface area contributed by atoms with Crippen LogP contribution in [0.5, 0.6) is 5.75 Å². The Balaban J connectivity index is 2.06. The van der Waals surface area contributed by atoms with E-state index in [0.29, 0.717) is 12.5 Å². The molecule has 0 spiro atoms. The standard InChI is InChI=1S/C19H24BF2NO8/c1-10(2)28-18(26)30-11(3)29-17(25)13-7-5-6-12-8-14(20(27)31-16(12)13)23-15(24)9-19(4,21)22/h5-7,10-11,14,27H,8-9H2,1-4H3,(H,23,24). The largest absolute Gasteiger partial charge is 0.547 e. The molecule has 0 saturated carbocycles. The van der Waals surface area contributed by atoms with Gasteiger partial charge in [0.15, 0.2) is 0 Å². The second-order valence-corrected chi connectivity index (χ2v) is 7.43. The van der Waals surface area contributed by atoms with Gasteiger partial charge in [0.05, 0.1) is 18.5 Å². The lowest BCUT2D eigenvalue weighted by Gasteiger charge is -2.29. The van der Waals surface area contributed by atoms with Gasteiger partial charge in [0.1, 0.15) is 11.3 Å². The predicted molar refractivity (Wildman–Crippen MR) is 103 cm³/mol. The van der Waals surface area contributed by atoms with Crippen molar-refractivity contribution in [3.63, 3.8) is 0 Å². The summed E-state index contributed by atoms with van der Waals surface area (Å²) in [6, 6.07) is 4.49. The first-order valence-corrected chi connectivity index (χ1v) is 9.57. The first-order valence-electron chi connectivity index (χ1n) is 9.57. The number of hydrogen-bond donors (Lipinski definition) is 2. The zero-order valence-electron chi connectivity index (χ0n) is 17.5. The maximum absolute atomic E-state index is 13.0. The number of carbonyl (C=O) groups is 3. The SMILES string of the molecule is CC(C)OC(=O)OC(C)OC(=O)c1cccc2c1OB(O)C(NC(=O)CC(C)(F)F)C2. The van der Waals surface area contributed by atoms with Crippen molar-refractivity contribution in [1.82, 2.24) is 5.32 Å². The zero-order chi connectivity index (χ0) is 23.3. The summed E-state index contributed by atoms with van der Waals surface area (Å²) in [5.74, 6) is -6.00. The molecule has 0 fully saturated rings. The Morgan fingerprint density at radius 3 is 2.55 bits per heavy atom. The van der Waals surface area contributed by atoms with Crippen LogP contribution in [0.4, 0.5) is 13.6 Å². The van der Waals surface area contributed by atoms with Crippen molar-refractivity contribution in [2.45, 2.75) is 64.8 Å². The van der Waals surface area contributed by atoms with Gasteiger partial charge in [-0.1, -0.05) is 12.1 Å². The normalized spacial score (nSPS) is 16.6. The van der Waals surface area contributed by atoms with Gasteiger partial charge >= 0.3 is 19.2 Å². The molecule has 2 atom stereocenters. The first kappa shape index (κ1) is 24.4. The number of nitrogens with one attached hydrogen (secondary N) is 1. The average molecular weight is 443 g/mol. The Hall–Kier alpha value is -2.89. The van der Waals surface area contributed by atoms with Crippen molar-refractivity contribution in [2.24, 2.45) is 0 Å². The van der Waals surface area contributed by atoms with E-state index in [4.69, 9.17) is 18.9 Å². The minimum atomic E-state index is -3.19. The van der Waals surface area contributed by atoms with E-state index in [9.17, 15) is 28.2 Å². The van der Waals surface area contributed by atoms with Crippen molar-refractivity contribution in [3.05, 3.63) is 29.3 Å². The fraction of sp³-hybridized carbons (Fsp3) is 0.526. The summed E-state index contributed by atoms with van der Waals surface area (Å²) < 4.78 is 46.0. The highest BCUT2D eigenvalue weighted by atomic mass is 19.3. The maximum Gasteiger partial charge on any atom is 0.547 e. The number of benzene rings is 1. The van der Waals surface area contributed by atoms with Gasteiger partial charge in [-0.3, -0.25) is 4.79 Å². The number of alkyl halides is 2. The van der Waals surface area contributed by atoms with Gasteiger partial charge in [-0.05, 0) is 38.8 Å². The molecule has 1 amide bonds. The fourth-order valence-electron chi connectivity index (χ4n) is 2.84. The molecule has 1 aromatic rings. The fourth-order valence-corrected chi connectivity index (χ4v) is 2.84. The number of para-hydroxylation sites is 1. The summed E-state index contributed by atoms with van der Waals surface area (Å²) >= 11 is 0. The highest BCUT2D eigenvalue weighted by molar-refractivity contribution is 6.47. The number of carbonyl (C=O) groups excluding carboxylic acids is 3. The van der Waals surface area contributed by atoms with Gasteiger partial charge in [0, 0.05) is 6.92 Å². The summed E-state index contributed by atoms with van der Waals surface area (Å²) in [5.41, 5.74) is 0.398. The minimum Gasteiger partial charge on any atom is -0.534 e. The summed E-state index contributed by atoms with van der Waals surface area (Å²) in [6.45, 7) is 5.18. The third kappa shape index (κ3) is 7.39. The second-order valence-electron chi connectivity index (χ2n) is 7.43. The lowest BCUT2D eigenvalue weighted by atomic mass is 9.72. The van der Waals surface area contributed by atoms with Gasteiger partial charge in [0.2, 0.25) is 12.2 Å². The summed E-state index contributed by atoms with van der Waals surface area (Å²) in [4.78, 5) is 35.7. The van der Waals surface area contributed by atoms with E-state index in [0.717, 1.165) is 0 Å². The molecule has 170 valence electrons. The maximum atomic E-state index is 13.0. The molecule has 9 nitrogen and oxygen atoms in total. The Labute approximate surface area is 178 Å². The first-order chi connectivity index (χ1) is 14.4. The molecule has 12 heteroatoms. The number of ether oxygens (including phenoxy) is 3. The van der Waals surface area contributed by atoms with Crippen molar-refractivity contribution in [2.75, 3.05) is 0 Å². The molecular formula is C19H24BF2NO8. The highest BCUT2D eigenvalue weighted by Gasteiger charge is 2.39. The number of halogens is 2. The van der Waals surface area contributed by atoms with Crippen LogP contribution in [0.15, 0.2) is 18.2 Å². The molecule has 0 saturated heterocycles. The van der Waals surface area contributed by atoms with E-state index >= 15 is 0 Å². The number of rotatable bonds is 7. The van der Waals surface area contributed by atoms with E-state index < -0.39 is 55.8 Å². The number of esters is 1. The quantitative estimate of drug-likeness (QED) is 0.374. The topological polar surface area (TPSA) is 120 Å². The monoisotopic (exact) mass is 443 g/mol. The zero-order valence-corrected chi connectivity index (χ0v) is 17.5. The van der Waals surface area contributed by atoms with Crippen LogP contribution in [0.1, 0.15) is 50.0 Å². The Morgan fingerprint density at radius 1 is 1.26 bits per heavy atom. The van der Waals surface area contributed by atoms with E-state index in [1.165, 1.54) is 19.1 Å². The van der Waals surface area contributed by atoms with Crippen LogP contribution in [0.25, 0.3) is 0 Å². The molecule has 0 aliphatic carbocycles. The summed E-state index contributed by atoms with van der Waals surface area (Å²) in [5, 5.41) is 12.5. The van der Waals surface area contributed by atoms with Crippen LogP contribution < -0.4 is 9.97 Å². The van der Waals surface area contributed by atoms with Crippen molar-refractivity contribution >= 4 is 25.2 Å². The Morgan fingerprint density at radius 2 is 1.94 bits per heavy atom. The lowest BCUT2D eigenvalue weighted by Crippen LogP contribution is -2.53. The molecule has 0 bridgehead atoms. The van der Waals surface area contributed by atoms with E-state index in [2.05, 4.69) is 5.32 Å². The number of amides is 1. The van der Waals surface area contributed by atoms with Crippen LogP contribution in [0, 0.1) is 0 Å². The van der Waals surface area contributed by atoms with Crippen LogP contribution in [0.2, 0.25) is 0 Å². The Bertz CT molecular complexity index is 830. The second kappa shape index (κ2) is 9.95. The van der Waals surface area contributed by atoms with E-state index in [1.54, 1.807) is 19.9 Å². The van der Waals surface area contributed by atoms with Gasteiger partial charge in [-0.25, -0.2) is 18.4 Å². The molecule has 1 aliphatic rings. The average Bonchev–Trinajstić information content (AvgIpc) is 2.59. The molecule has 2 rings (SSSR count). The molecule has 2 N–H and O–H groups in total. The van der Waals surface area contributed by atoms with Gasteiger partial charge in [0.25, 0.3) is 5.92 Å². The van der Waals surface area contributed by atoms with Crippen LogP contribution in [-0.2, 0) is 25.4 Å². The third-order valence-corrected chi connectivity index (χ3v) is 4.02. The minimum absolute atomic E-state index is 0.0169. The smallest absolute Gasteiger partial charge is 0.534 e. The molecule has 1 aliphatic heterocycles. The van der Waals surface area contributed by atoms with Crippen LogP contribution >= 0.6 is 0 Å². The van der Waals surface area contributed by atoms with Crippen molar-refractivity contribution in [1.29, 1.82) is 0 Å². The van der Waals surface area contributed by atoms with Crippen molar-refractivity contribution in [3.8, 4) is 5.75 Å². The van der Waals surface area contributed by atoms with E-state index in [1.807, 2.05) is 0 Å². The lowest BCUT2D eigenvalue weighted by molar-refractivity contribution is -0.127. The number of hydrogen-bond acceptors (Lipinski definition) is 8. The van der Waals surface area contributed by atoms with Crippen LogP contribution in [0.3, 0.4) is 0 Å². The summed E-state index contributed by atoms with van der Waals surface area (Å²) in [7, 11) is -1.58. The van der Waals surface area contributed by atoms with Crippen LogP contribution in [-0.4, -0.2) is 54.4 Å². The van der Waals surface area contributed by atoms with E-state index in [-0.39, 0.29) is 17.7 Å². The van der Waals surface area contributed by atoms with Gasteiger partial charge in [-0.15, -0.1) is 0 Å². The molecule has 0 radical (unpaired) electrons. The summed E-state index contributed by atoms with van der Waals surface area (Å²) in [6.07, 6.45) is -3.68. The molecule has 2 unspecified atom stereocenters. The van der Waals surface area contributed by atoms with Gasteiger partial charge < -0.3 is 29.2 Å². The van der Waals surface area contributed by atoms with Gasteiger partial charge in [-0.2, -0.15) is 0 Å². The Kier molecular flexibility index (Phi) is 7.83. The number of fused-ring (bicyclic) bond motifs is 1. The molecule has 1 heterocycles. The predicted octanol–water partition coefficient (Wildman–Crippen LogP) is 2.24. The molecule has 31 heavy (non-hydrogen) atoms.